The van der Waals surface area contributed by atoms with Crippen molar-refractivity contribution in [2.24, 2.45) is 0 Å². The van der Waals surface area contributed by atoms with Gasteiger partial charge in [-0.25, -0.2) is 0 Å². The number of benzene rings is 2. The number of para-hydroxylation sites is 1. The highest BCUT2D eigenvalue weighted by Gasteiger charge is 2.01. The number of halogens is 1. The molecular formula is C15H14BrNO2S. The lowest BCUT2D eigenvalue weighted by atomic mass is 10.3. The molecule has 0 bridgehead atoms. The van der Waals surface area contributed by atoms with E-state index in [0.29, 0.717) is 17.5 Å². The molecule has 2 rings (SSSR count). The van der Waals surface area contributed by atoms with Crippen LogP contribution in [0.15, 0.2) is 54.6 Å². The van der Waals surface area contributed by atoms with Gasteiger partial charge in [0.25, 0.3) is 5.17 Å². The number of hydrogen-bond acceptors (Lipinski definition) is 3. The monoisotopic (exact) mass is 351 g/mol. The van der Waals surface area contributed by atoms with Crippen LogP contribution in [0.25, 0.3) is 0 Å². The molecule has 20 heavy (non-hydrogen) atoms. The van der Waals surface area contributed by atoms with Gasteiger partial charge in [0, 0.05) is 11.0 Å². The fourth-order valence-electron chi connectivity index (χ4n) is 1.53. The summed E-state index contributed by atoms with van der Waals surface area (Å²) >= 11 is 8.46. The van der Waals surface area contributed by atoms with Crippen molar-refractivity contribution < 1.29 is 9.47 Å². The van der Waals surface area contributed by atoms with Gasteiger partial charge in [-0.1, -0.05) is 34.1 Å². The van der Waals surface area contributed by atoms with Crippen LogP contribution < -0.4 is 14.8 Å². The van der Waals surface area contributed by atoms with Gasteiger partial charge in [0.2, 0.25) is 0 Å². The maximum absolute atomic E-state index is 5.53. The lowest BCUT2D eigenvalue weighted by molar-refractivity contribution is 0.344. The van der Waals surface area contributed by atoms with Gasteiger partial charge in [0.15, 0.2) is 0 Å². The number of anilines is 1. The van der Waals surface area contributed by atoms with Crippen LogP contribution in [0.5, 0.6) is 11.5 Å². The molecule has 104 valence electrons. The predicted molar refractivity (Wildman–Crippen MR) is 89.0 cm³/mol. The maximum Gasteiger partial charge on any atom is 0.266 e. The molecule has 0 saturated carbocycles. The normalized spacial score (nSPS) is 9.85. The number of thiocarbonyl (C=S) groups is 1. The molecule has 0 aliphatic rings. The van der Waals surface area contributed by atoms with Gasteiger partial charge in [0.05, 0.1) is 6.61 Å². The highest BCUT2D eigenvalue weighted by atomic mass is 79.9. The van der Waals surface area contributed by atoms with Crippen LogP contribution in [0.3, 0.4) is 0 Å². The quantitative estimate of drug-likeness (QED) is 0.644. The Morgan fingerprint density at radius 2 is 1.65 bits per heavy atom. The third-order valence-electron chi connectivity index (χ3n) is 2.40. The van der Waals surface area contributed by atoms with E-state index in [1.807, 2.05) is 54.6 Å². The highest BCUT2D eigenvalue weighted by Crippen LogP contribution is 2.18. The summed E-state index contributed by atoms with van der Waals surface area (Å²) in [6.45, 7) is 0.633. The van der Waals surface area contributed by atoms with Crippen molar-refractivity contribution in [3.63, 3.8) is 0 Å². The average Bonchev–Trinajstić information content (AvgIpc) is 2.47. The van der Waals surface area contributed by atoms with Crippen LogP contribution in [0.2, 0.25) is 0 Å². The van der Waals surface area contributed by atoms with Crippen molar-refractivity contribution in [3.8, 4) is 11.5 Å². The zero-order valence-corrected chi connectivity index (χ0v) is 13.1. The number of rotatable bonds is 5. The molecule has 0 fully saturated rings. The zero-order chi connectivity index (χ0) is 14.2. The first-order valence-electron chi connectivity index (χ1n) is 6.10. The molecular weight excluding hydrogens is 338 g/mol. The third kappa shape index (κ3) is 4.83. The van der Waals surface area contributed by atoms with Crippen molar-refractivity contribution in [1.29, 1.82) is 0 Å². The highest BCUT2D eigenvalue weighted by molar-refractivity contribution is 9.09. The Kier molecular flexibility index (Phi) is 5.83. The lowest BCUT2D eigenvalue weighted by Crippen LogP contribution is -2.16. The minimum Gasteiger partial charge on any atom is -0.493 e. The van der Waals surface area contributed by atoms with E-state index in [0.717, 1.165) is 16.8 Å². The van der Waals surface area contributed by atoms with E-state index < -0.39 is 0 Å². The summed E-state index contributed by atoms with van der Waals surface area (Å²) in [5, 5.41) is 4.12. The van der Waals surface area contributed by atoms with Crippen molar-refractivity contribution in [1.82, 2.24) is 0 Å². The van der Waals surface area contributed by atoms with Crippen LogP contribution in [-0.4, -0.2) is 17.1 Å². The van der Waals surface area contributed by atoms with Crippen LogP contribution in [0.4, 0.5) is 5.69 Å². The molecule has 0 atom stereocenters. The second-order valence-corrected chi connectivity index (χ2v) is 5.05. The summed E-state index contributed by atoms with van der Waals surface area (Å²) in [6, 6.07) is 17.0. The van der Waals surface area contributed by atoms with Crippen LogP contribution in [-0.2, 0) is 0 Å². The van der Waals surface area contributed by atoms with Gasteiger partial charge in [-0.3, -0.25) is 0 Å². The van der Waals surface area contributed by atoms with Gasteiger partial charge in [-0.05, 0) is 48.6 Å². The minimum absolute atomic E-state index is 0.310. The summed E-state index contributed by atoms with van der Waals surface area (Å²) < 4.78 is 11.0. The van der Waals surface area contributed by atoms with E-state index in [2.05, 4.69) is 21.2 Å². The first kappa shape index (κ1) is 14.8. The maximum atomic E-state index is 5.53. The molecule has 0 spiro atoms. The molecule has 0 aliphatic carbocycles. The molecule has 0 aromatic heterocycles. The second-order valence-electron chi connectivity index (χ2n) is 3.89. The van der Waals surface area contributed by atoms with Crippen LogP contribution in [0, 0.1) is 0 Å². The number of nitrogens with one attached hydrogen (secondary N) is 1. The van der Waals surface area contributed by atoms with E-state index in [1.165, 1.54) is 0 Å². The SMILES string of the molecule is S=C(Nc1ccccc1)Oc1ccc(OCCBr)cc1. The zero-order valence-electron chi connectivity index (χ0n) is 10.7. The Hall–Kier alpha value is -1.59. The second kappa shape index (κ2) is 7.87. The summed E-state index contributed by atoms with van der Waals surface area (Å²) in [4.78, 5) is 0. The fourth-order valence-corrected chi connectivity index (χ4v) is 1.91. The van der Waals surface area contributed by atoms with Crippen molar-refractivity contribution in [2.45, 2.75) is 0 Å². The number of ether oxygens (including phenoxy) is 2. The summed E-state index contributed by atoms with van der Waals surface area (Å²) in [5.74, 6) is 1.48. The van der Waals surface area contributed by atoms with Crippen LogP contribution in [0.1, 0.15) is 0 Å². The van der Waals surface area contributed by atoms with Crippen molar-refractivity contribution >= 4 is 39.0 Å². The first-order valence-corrected chi connectivity index (χ1v) is 7.63. The molecule has 5 heteroatoms. The van der Waals surface area contributed by atoms with Crippen LogP contribution >= 0.6 is 28.1 Å². The van der Waals surface area contributed by atoms with Gasteiger partial charge in [-0.15, -0.1) is 0 Å². The molecule has 0 amide bonds. The fraction of sp³-hybridized carbons (Fsp3) is 0.133. The molecule has 0 heterocycles. The third-order valence-corrected chi connectivity index (χ3v) is 2.91. The standard InChI is InChI=1S/C15H14BrNO2S/c16-10-11-18-13-6-8-14(9-7-13)19-15(20)17-12-4-2-1-3-5-12/h1-9H,10-11H2,(H,17,20). The van der Waals surface area contributed by atoms with E-state index in [-0.39, 0.29) is 0 Å². The Bertz CT molecular complexity index is 546. The Balaban J connectivity index is 1.88. The smallest absolute Gasteiger partial charge is 0.266 e. The average molecular weight is 352 g/mol. The number of alkyl halides is 1. The van der Waals surface area contributed by atoms with E-state index in [4.69, 9.17) is 21.7 Å². The topological polar surface area (TPSA) is 30.5 Å². The number of hydrogen-bond donors (Lipinski definition) is 1. The van der Waals surface area contributed by atoms with E-state index in [9.17, 15) is 0 Å². The molecule has 0 aliphatic heterocycles. The van der Waals surface area contributed by atoms with Gasteiger partial charge >= 0.3 is 0 Å². The van der Waals surface area contributed by atoms with E-state index >= 15 is 0 Å². The molecule has 0 saturated heterocycles. The largest absolute Gasteiger partial charge is 0.493 e. The summed E-state index contributed by atoms with van der Waals surface area (Å²) in [6.07, 6.45) is 0. The predicted octanol–water partition coefficient (Wildman–Crippen LogP) is 4.24. The van der Waals surface area contributed by atoms with Crippen molar-refractivity contribution in [2.75, 3.05) is 17.3 Å². The minimum atomic E-state index is 0.310. The lowest BCUT2D eigenvalue weighted by Gasteiger charge is -2.10. The molecule has 3 nitrogen and oxygen atoms in total. The Morgan fingerprint density at radius 1 is 1.00 bits per heavy atom. The summed E-state index contributed by atoms with van der Waals surface area (Å²) in [7, 11) is 0. The Morgan fingerprint density at radius 3 is 2.30 bits per heavy atom. The molecule has 2 aromatic rings. The first-order chi connectivity index (χ1) is 9.78. The Labute approximate surface area is 132 Å². The van der Waals surface area contributed by atoms with Gasteiger partial charge in [-0.2, -0.15) is 0 Å². The van der Waals surface area contributed by atoms with E-state index in [1.54, 1.807) is 0 Å². The molecule has 0 radical (unpaired) electrons. The van der Waals surface area contributed by atoms with Gasteiger partial charge in [0.1, 0.15) is 11.5 Å². The van der Waals surface area contributed by atoms with Gasteiger partial charge < -0.3 is 14.8 Å². The van der Waals surface area contributed by atoms with Crippen molar-refractivity contribution in [3.05, 3.63) is 54.6 Å². The summed E-state index contributed by atoms with van der Waals surface area (Å²) in [5.41, 5.74) is 0.898. The molecule has 1 N–H and O–H groups in total. The molecule has 2 aromatic carbocycles. The molecule has 0 unspecified atom stereocenters.